The van der Waals surface area contributed by atoms with Crippen LogP contribution in [0.3, 0.4) is 0 Å². The Morgan fingerprint density at radius 3 is 2.70 bits per heavy atom. The maximum Gasteiger partial charge on any atom is 0.280 e. The van der Waals surface area contributed by atoms with Gasteiger partial charge in [-0.2, -0.15) is 0 Å². The molecule has 3 aromatic rings. The number of hydrogen-bond donors (Lipinski definition) is 3. The zero-order valence-electron chi connectivity index (χ0n) is 19.9. The van der Waals surface area contributed by atoms with E-state index in [2.05, 4.69) is 32.3 Å². The predicted octanol–water partition coefficient (Wildman–Crippen LogP) is 5.09. The number of aromatic nitrogens is 3. The van der Waals surface area contributed by atoms with Crippen LogP contribution in [0.25, 0.3) is 11.1 Å². The van der Waals surface area contributed by atoms with Gasteiger partial charge in [-0.05, 0) is 48.1 Å². The third-order valence-electron chi connectivity index (χ3n) is 5.20. The van der Waals surface area contributed by atoms with Gasteiger partial charge in [0.05, 0.1) is 13.3 Å². The highest BCUT2D eigenvalue weighted by atomic mass is 32.1. The summed E-state index contributed by atoms with van der Waals surface area (Å²) in [6.07, 6.45) is 0.502. The zero-order chi connectivity index (χ0) is 26.5. The summed E-state index contributed by atoms with van der Waals surface area (Å²) < 4.78 is 37.3. The van der Waals surface area contributed by atoms with Crippen LogP contribution in [0.2, 0.25) is 0 Å². The molecule has 1 aliphatic rings. The number of amides is 1. The summed E-state index contributed by atoms with van der Waals surface area (Å²) in [7, 11) is 1.37. The van der Waals surface area contributed by atoms with Crippen molar-refractivity contribution in [3.8, 4) is 28.7 Å². The number of carbonyl (C=O) groups excluding carboxylic acids is 1. The second kappa shape index (κ2) is 11.2. The van der Waals surface area contributed by atoms with Crippen LogP contribution in [-0.4, -0.2) is 40.0 Å². The molecule has 0 saturated heterocycles. The van der Waals surface area contributed by atoms with E-state index < -0.39 is 18.0 Å². The van der Waals surface area contributed by atoms with Gasteiger partial charge in [0, 0.05) is 30.4 Å². The Labute approximate surface area is 215 Å². The molecule has 37 heavy (non-hydrogen) atoms. The van der Waals surface area contributed by atoms with E-state index in [0.717, 1.165) is 24.2 Å². The van der Waals surface area contributed by atoms with E-state index in [1.165, 1.54) is 32.4 Å². The number of carbonyl (C=O) groups is 1. The van der Waals surface area contributed by atoms with Gasteiger partial charge in [-0.25, -0.2) is 8.78 Å². The summed E-state index contributed by atoms with van der Waals surface area (Å²) in [6, 6.07) is 5.89. The molecule has 12 heteroatoms. The molecule has 0 radical (unpaired) electrons. The quantitative estimate of drug-likeness (QED) is 0.224. The number of methoxy groups -OCH3 is 1. The third-order valence-corrected chi connectivity index (χ3v) is 5.95. The Balaban J connectivity index is 1.70. The monoisotopic (exact) mass is 524 g/mol. The van der Waals surface area contributed by atoms with Crippen LogP contribution in [0, 0.1) is 28.6 Å². The number of nitrogens with zero attached hydrogens (tertiary/aromatic N) is 3. The number of anilines is 1. The lowest BCUT2D eigenvalue weighted by atomic mass is 9.95. The average Bonchev–Trinajstić information content (AvgIpc) is 3.59. The van der Waals surface area contributed by atoms with Crippen molar-refractivity contribution >= 4 is 34.2 Å². The van der Waals surface area contributed by atoms with Crippen LogP contribution >= 0.6 is 11.3 Å². The van der Waals surface area contributed by atoms with Gasteiger partial charge in [0.1, 0.15) is 11.4 Å². The predicted molar refractivity (Wildman–Crippen MR) is 135 cm³/mol. The van der Waals surface area contributed by atoms with Gasteiger partial charge >= 0.3 is 0 Å². The van der Waals surface area contributed by atoms with Crippen molar-refractivity contribution in [3.05, 3.63) is 52.3 Å². The van der Waals surface area contributed by atoms with E-state index in [-0.39, 0.29) is 45.8 Å². The van der Waals surface area contributed by atoms with E-state index in [0.29, 0.717) is 16.5 Å². The first kappa shape index (κ1) is 25.8. The molecule has 0 aliphatic heterocycles. The van der Waals surface area contributed by atoms with Crippen LogP contribution in [0.5, 0.6) is 5.75 Å². The van der Waals surface area contributed by atoms with Crippen LogP contribution in [-0.2, 0) is 11.2 Å². The van der Waals surface area contributed by atoms with E-state index in [1.54, 1.807) is 12.1 Å². The molecule has 3 N–H and O–H groups in total. The summed E-state index contributed by atoms with van der Waals surface area (Å²) in [5, 5.41) is 26.7. The molecule has 190 valence electrons. The average molecular weight is 525 g/mol. The standard InChI is InChI=1S/C25H22F2N6O3S/c1-13(28)36-21(29)10-15-5-7-16(17(9-15)18-11-19(23(26)27)30-12-20(18)35-2)24(34)31-25-33-32-22(37-25)8-6-14-3-4-14/h5,7,9,11-12,14,23,28-29H,3-4,10H2,1-2H3,(H,31,33,34). The van der Waals surface area contributed by atoms with E-state index in [9.17, 15) is 13.6 Å². The van der Waals surface area contributed by atoms with Gasteiger partial charge in [0.2, 0.25) is 5.13 Å². The molecule has 2 heterocycles. The van der Waals surface area contributed by atoms with Crippen molar-refractivity contribution in [2.75, 3.05) is 12.4 Å². The van der Waals surface area contributed by atoms with Crippen molar-refractivity contribution in [1.82, 2.24) is 15.2 Å². The Bertz CT molecular complexity index is 1430. The minimum Gasteiger partial charge on any atom is -0.494 e. The fourth-order valence-corrected chi connectivity index (χ4v) is 3.96. The molecular weight excluding hydrogens is 502 g/mol. The first-order valence-electron chi connectivity index (χ1n) is 11.2. The zero-order valence-corrected chi connectivity index (χ0v) is 20.7. The van der Waals surface area contributed by atoms with Crippen LogP contribution in [0.4, 0.5) is 13.9 Å². The maximum absolute atomic E-state index is 13.5. The topological polar surface area (TPSA) is 134 Å². The largest absolute Gasteiger partial charge is 0.494 e. The van der Waals surface area contributed by atoms with Gasteiger partial charge < -0.3 is 9.47 Å². The molecule has 0 bridgehead atoms. The number of halogens is 2. The number of nitrogens with one attached hydrogen (secondary N) is 3. The van der Waals surface area contributed by atoms with Crippen molar-refractivity contribution < 1.29 is 23.0 Å². The number of benzene rings is 1. The fraction of sp³-hybridized carbons (Fsp3) is 0.280. The van der Waals surface area contributed by atoms with Crippen molar-refractivity contribution in [2.24, 2.45) is 5.92 Å². The number of rotatable bonds is 7. The summed E-state index contributed by atoms with van der Waals surface area (Å²) >= 11 is 1.13. The van der Waals surface area contributed by atoms with E-state index in [4.69, 9.17) is 20.3 Å². The molecule has 1 fully saturated rings. The molecule has 1 aromatic carbocycles. The summed E-state index contributed by atoms with van der Waals surface area (Å²) in [5.74, 6) is 5.75. The summed E-state index contributed by atoms with van der Waals surface area (Å²) in [6.45, 7) is 1.40. The normalized spacial score (nSPS) is 12.5. The Morgan fingerprint density at radius 2 is 2.03 bits per heavy atom. The van der Waals surface area contributed by atoms with Crippen molar-refractivity contribution in [2.45, 2.75) is 32.6 Å². The minimum absolute atomic E-state index is 0.0135. The van der Waals surface area contributed by atoms with Crippen molar-refractivity contribution in [3.63, 3.8) is 0 Å². The summed E-state index contributed by atoms with van der Waals surface area (Å²) in [4.78, 5) is 17.0. The van der Waals surface area contributed by atoms with Gasteiger partial charge in [-0.3, -0.25) is 25.9 Å². The minimum atomic E-state index is -2.83. The van der Waals surface area contributed by atoms with Gasteiger partial charge in [-0.15, -0.1) is 10.2 Å². The number of ether oxygens (including phenoxy) is 2. The molecule has 1 saturated carbocycles. The molecule has 4 rings (SSSR count). The SMILES string of the molecule is COc1cnc(C(F)F)cc1-c1cc(CC(=N)OC(C)=N)ccc1C(=O)Nc1nnc(C#CC2CC2)s1. The second-order valence-corrected chi connectivity index (χ2v) is 9.14. The Hall–Kier alpha value is -4.24. The van der Waals surface area contributed by atoms with Crippen LogP contribution in [0.1, 0.15) is 52.8 Å². The Morgan fingerprint density at radius 1 is 1.24 bits per heavy atom. The molecule has 0 unspecified atom stereocenters. The second-order valence-electron chi connectivity index (χ2n) is 8.16. The van der Waals surface area contributed by atoms with Crippen LogP contribution in [0.15, 0.2) is 30.5 Å². The number of alkyl halides is 2. The first-order valence-corrected chi connectivity index (χ1v) is 12.0. The lowest BCUT2D eigenvalue weighted by Gasteiger charge is -2.15. The summed E-state index contributed by atoms with van der Waals surface area (Å²) in [5.41, 5.74) is 0.748. The van der Waals surface area contributed by atoms with E-state index >= 15 is 0 Å². The van der Waals surface area contributed by atoms with Gasteiger partial charge in [0.15, 0.2) is 16.8 Å². The molecule has 0 spiro atoms. The van der Waals surface area contributed by atoms with E-state index in [1.807, 2.05) is 0 Å². The Kier molecular flexibility index (Phi) is 7.83. The van der Waals surface area contributed by atoms with Gasteiger partial charge in [0.25, 0.3) is 12.3 Å². The van der Waals surface area contributed by atoms with Crippen molar-refractivity contribution in [1.29, 1.82) is 10.8 Å². The number of pyridine rings is 1. The lowest BCUT2D eigenvalue weighted by molar-refractivity contribution is 0.102. The van der Waals surface area contributed by atoms with Crippen LogP contribution < -0.4 is 10.1 Å². The van der Waals surface area contributed by atoms with Gasteiger partial charge in [-0.1, -0.05) is 23.3 Å². The maximum atomic E-state index is 13.5. The highest BCUT2D eigenvalue weighted by Gasteiger charge is 2.22. The molecule has 1 aliphatic carbocycles. The first-order chi connectivity index (χ1) is 17.7. The molecule has 2 aromatic heterocycles. The fourth-order valence-electron chi connectivity index (χ4n) is 3.36. The smallest absolute Gasteiger partial charge is 0.280 e. The molecule has 0 atom stereocenters. The highest BCUT2D eigenvalue weighted by molar-refractivity contribution is 7.15. The third kappa shape index (κ3) is 6.71. The molecular formula is C25H22F2N6O3S. The molecule has 1 amide bonds. The number of hydrogen-bond acceptors (Lipinski definition) is 9. The highest BCUT2D eigenvalue weighted by Crippen LogP contribution is 2.36. The lowest BCUT2D eigenvalue weighted by Crippen LogP contribution is -2.15. The molecule has 9 nitrogen and oxygen atoms in total.